The Morgan fingerprint density at radius 2 is 1.79 bits per heavy atom. The third kappa shape index (κ3) is 4.03. The molecule has 1 aliphatic rings. The van der Waals surface area contributed by atoms with Crippen molar-refractivity contribution >= 4 is 17.6 Å². The molecule has 0 saturated heterocycles. The second-order valence-corrected chi connectivity index (χ2v) is 6.28. The van der Waals surface area contributed by atoms with E-state index in [1.54, 1.807) is 43.1 Å². The third-order valence-electron chi connectivity index (χ3n) is 4.41. The van der Waals surface area contributed by atoms with Gasteiger partial charge in [0, 0.05) is 19.2 Å². The molecule has 28 heavy (non-hydrogen) atoms. The number of fused-ring (bicyclic) bond motifs is 1. The van der Waals surface area contributed by atoms with Crippen molar-refractivity contribution in [1.82, 2.24) is 4.90 Å². The summed E-state index contributed by atoms with van der Waals surface area (Å²) in [5.74, 6) is 0.612. The molecule has 0 aliphatic carbocycles. The summed E-state index contributed by atoms with van der Waals surface area (Å²) in [6.45, 7) is 4.17. The molecule has 2 aromatic carbocycles. The van der Waals surface area contributed by atoms with Crippen LogP contribution in [0.1, 0.15) is 30.6 Å². The molecule has 0 aromatic heterocycles. The van der Waals surface area contributed by atoms with Crippen LogP contribution in [-0.4, -0.2) is 43.2 Å². The fraction of sp³-hybridized carbons (Fsp3) is 0.333. The van der Waals surface area contributed by atoms with E-state index in [0.29, 0.717) is 23.7 Å². The van der Waals surface area contributed by atoms with Gasteiger partial charge in [0.2, 0.25) is 5.75 Å². The van der Waals surface area contributed by atoms with Gasteiger partial charge in [0.25, 0.3) is 5.91 Å². The number of likely N-dealkylation sites (N-methyl/N-ethyl adjacent to an activating group) is 1. The first-order chi connectivity index (χ1) is 13.5. The summed E-state index contributed by atoms with van der Waals surface area (Å²) in [5.41, 5.74) is 1.39. The van der Waals surface area contributed by atoms with E-state index in [2.05, 4.69) is 5.32 Å². The average molecular weight is 384 g/mol. The highest BCUT2D eigenvalue weighted by Crippen LogP contribution is 2.38. The molecule has 0 saturated carbocycles. The van der Waals surface area contributed by atoms with E-state index >= 15 is 0 Å². The van der Waals surface area contributed by atoms with Gasteiger partial charge in [-0.3, -0.25) is 9.59 Å². The second-order valence-electron chi connectivity index (χ2n) is 6.28. The number of amides is 1. The summed E-state index contributed by atoms with van der Waals surface area (Å²) in [4.78, 5) is 26.0. The van der Waals surface area contributed by atoms with Gasteiger partial charge in [-0.15, -0.1) is 0 Å². The van der Waals surface area contributed by atoms with Gasteiger partial charge in [-0.25, -0.2) is 0 Å². The normalized spacial score (nSPS) is 15.5. The predicted octanol–water partition coefficient (Wildman–Crippen LogP) is 3.30. The molecule has 148 valence electrons. The molecule has 1 amide bonds. The molecule has 7 heteroatoms. The topological polar surface area (TPSA) is 77.1 Å². The number of carbonyl (C=O) groups is 2. The van der Waals surface area contributed by atoms with Gasteiger partial charge in [-0.1, -0.05) is 25.1 Å². The van der Waals surface area contributed by atoms with Gasteiger partial charge in [0.15, 0.2) is 11.5 Å². The van der Waals surface area contributed by atoms with Crippen LogP contribution < -0.4 is 19.5 Å². The quantitative estimate of drug-likeness (QED) is 0.583. The molecule has 0 radical (unpaired) electrons. The number of benzene rings is 2. The first kappa shape index (κ1) is 19.5. The molecule has 1 atom stereocenters. The minimum atomic E-state index is -0.381. The van der Waals surface area contributed by atoms with Crippen molar-refractivity contribution in [3.63, 3.8) is 0 Å². The molecular weight excluding hydrogens is 360 g/mol. The number of carbonyl (C=O) groups excluding carboxylic acids is 2. The molecule has 2 aromatic rings. The van der Waals surface area contributed by atoms with Gasteiger partial charge >= 0.3 is 5.97 Å². The summed E-state index contributed by atoms with van der Waals surface area (Å²) < 4.78 is 16.9. The van der Waals surface area contributed by atoms with Crippen molar-refractivity contribution in [2.24, 2.45) is 0 Å². The number of anilines is 1. The zero-order chi connectivity index (χ0) is 20.1. The fourth-order valence-electron chi connectivity index (χ4n) is 2.89. The van der Waals surface area contributed by atoms with E-state index in [9.17, 15) is 9.59 Å². The summed E-state index contributed by atoms with van der Waals surface area (Å²) in [6.07, 6.45) is -0.133. The van der Waals surface area contributed by atoms with Crippen molar-refractivity contribution < 1.29 is 23.8 Å². The Labute approximate surface area is 164 Å². The highest BCUT2D eigenvalue weighted by molar-refractivity contribution is 6.01. The van der Waals surface area contributed by atoms with E-state index < -0.39 is 0 Å². The number of hydrogen-bond acceptors (Lipinski definition) is 6. The molecule has 1 aliphatic heterocycles. The summed E-state index contributed by atoms with van der Waals surface area (Å²) in [6, 6.07) is 12.5. The monoisotopic (exact) mass is 384 g/mol. The van der Waals surface area contributed by atoms with Crippen molar-refractivity contribution in [3.8, 4) is 17.2 Å². The lowest BCUT2D eigenvalue weighted by atomic mass is 10.1. The Morgan fingerprint density at radius 3 is 2.50 bits per heavy atom. The summed E-state index contributed by atoms with van der Waals surface area (Å²) >= 11 is 0. The van der Waals surface area contributed by atoms with Crippen LogP contribution in [-0.2, 0) is 4.79 Å². The Kier molecular flexibility index (Phi) is 6.03. The van der Waals surface area contributed by atoms with Crippen molar-refractivity contribution in [1.29, 1.82) is 0 Å². The lowest BCUT2D eigenvalue weighted by molar-refractivity contribution is -0.134. The largest absolute Gasteiger partial charge is 0.490 e. The molecule has 0 fully saturated rings. The van der Waals surface area contributed by atoms with Crippen molar-refractivity contribution in [3.05, 3.63) is 48.0 Å². The smallest absolute Gasteiger partial charge is 0.311 e. The molecule has 1 heterocycles. The highest BCUT2D eigenvalue weighted by atomic mass is 16.6. The number of hydrogen-bond donors (Lipinski definition) is 1. The van der Waals surface area contributed by atoms with Crippen LogP contribution >= 0.6 is 0 Å². The minimum Gasteiger partial charge on any atom is -0.490 e. The molecule has 7 nitrogen and oxygen atoms in total. The Bertz CT molecular complexity index is 868. The Hall–Kier alpha value is -3.22. The van der Waals surface area contributed by atoms with Crippen LogP contribution in [0.2, 0.25) is 0 Å². The maximum Gasteiger partial charge on any atom is 0.311 e. The minimum absolute atomic E-state index is 0.0800. The maximum absolute atomic E-state index is 12.6. The van der Waals surface area contributed by atoms with Gasteiger partial charge in [-0.05, 0) is 31.2 Å². The van der Waals surface area contributed by atoms with Gasteiger partial charge in [0.05, 0.1) is 12.2 Å². The van der Waals surface area contributed by atoms with Crippen LogP contribution in [0, 0.1) is 0 Å². The summed E-state index contributed by atoms with van der Waals surface area (Å²) in [7, 11) is 1.72. The van der Waals surface area contributed by atoms with Crippen molar-refractivity contribution in [2.45, 2.75) is 26.4 Å². The van der Waals surface area contributed by atoms with Crippen LogP contribution in [0.3, 0.4) is 0 Å². The standard InChI is InChI=1S/C21H24N2O5/c1-4-19(24)28-20-16(26-5-2)11-8-12-17(20)27-13-18-22-15-10-7-6-9-14(15)21(25)23(18)3/h6-12,18,22H,4-5,13H2,1-3H3. The lowest BCUT2D eigenvalue weighted by Gasteiger charge is -2.35. The van der Waals surface area contributed by atoms with Crippen LogP contribution in [0.4, 0.5) is 5.69 Å². The van der Waals surface area contributed by atoms with E-state index in [1.807, 2.05) is 25.1 Å². The van der Waals surface area contributed by atoms with Crippen LogP contribution in [0.15, 0.2) is 42.5 Å². The molecular formula is C21H24N2O5. The van der Waals surface area contributed by atoms with E-state index in [1.165, 1.54) is 0 Å². The van der Waals surface area contributed by atoms with Crippen LogP contribution in [0.25, 0.3) is 0 Å². The van der Waals surface area contributed by atoms with Gasteiger partial charge in [-0.2, -0.15) is 0 Å². The molecule has 1 N–H and O–H groups in total. The SMILES string of the molecule is CCOc1cccc(OCC2Nc3ccccc3C(=O)N2C)c1OC(=O)CC. The van der Waals surface area contributed by atoms with E-state index in [0.717, 1.165) is 5.69 Å². The maximum atomic E-state index is 12.6. The first-order valence-corrected chi connectivity index (χ1v) is 9.27. The predicted molar refractivity (Wildman–Crippen MR) is 105 cm³/mol. The number of nitrogens with one attached hydrogen (secondary N) is 1. The number of para-hydroxylation sites is 2. The Morgan fingerprint density at radius 1 is 1.07 bits per heavy atom. The second kappa shape index (κ2) is 8.65. The third-order valence-corrected chi connectivity index (χ3v) is 4.41. The van der Waals surface area contributed by atoms with Crippen LogP contribution in [0.5, 0.6) is 17.2 Å². The van der Waals surface area contributed by atoms with Crippen molar-refractivity contribution in [2.75, 3.05) is 25.6 Å². The Balaban J connectivity index is 1.80. The lowest BCUT2D eigenvalue weighted by Crippen LogP contribution is -2.49. The first-order valence-electron chi connectivity index (χ1n) is 9.27. The number of ether oxygens (including phenoxy) is 3. The summed E-state index contributed by atoms with van der Waals surface area (Å²) in [5, 5.41) is 3.30. The van der Waals surface area contributed by atoms with E-state index in [-0.39, 0.29) is 36.8 Å². The fourth-order valence-corrected chi connectivity index (χ4v) is 2.89. The zero-order valence-corrected chi connectivity index (χ0v) is 16.2. The zero-order valence-electron chi connectivity index (χ0n) is 16.2. The van der Waals surface area contributed by atoms with Gasteiger partial charge < -0.3 is 24.4 Å². The highest BCUT2D eigenvalue weighted by Gasteiger charge is 2.29. The number of rotatable bonds is 7. The van der Waals surface area contributed by atoms with E-state index in [4.69, 9.17) is 14.2 Å². The molecule has 0 spiro atoms. The molecule has 3 rings (SSSR count). The number of esters is 1. The average Bonchev–Trinajstić information content (AvgIpc) is 2.71. The van der Waals surface area contributed by atoms with Gasteiger partial charge in [0.1, 0.15) is 12.8 Å². The molecule has 0 bridgehead atoms. The molecule has 1 unspecified atom stereocenters. The number of nitrogens with zero attached hydrogens (tertiary/aromatic N) is 1.